The Morgan fingerprint density at radius 3 is 2.25 bits per heavy atom. The lowest BCUT2D eigenvalue weighted by atomic mass is 10.1. The summed E-state index contributed by atoms with van der Waals surface area (Å²) >= 11 is 0. The summed E-state index contributed by atoms with van der Waals surface area (Å²) in [5.74, 6) is -0.510. The highest BCUT2D eigenvalue weighted by Gasteiger charge is 2.05. The summed E-state index contributed by atoms with van der Waals surface area (Å²) in [4.78, 5) is 10.8. The molecule has 12 heavy (non-hydrogen) atoms. The van der Waals surface area contributed by atoms with E-state index in [0.717, 1.165) is 5.56 Å². The topological polar surface area (TPSA) is 69.1 Å². The van der Waals surface area contributed by atoms with Crippen molar-refractivity contribution in [3.8, 4) is 0 Å². The van der Waals surface area contributed by atoms with Gasteiger partial charge in [-0.3, -0.25) is 4.79 Å². The molecule has 0 aliphatic heterocycles. The zero-order chi connectivity index (χ0) is 8.97. The first-order valence-corrected chi connectivity index (χ1v) is 3.53. The summed E-state index contributed by atoms with van der Waals surface area (Å²) in [6, 6.07) is 9.06. The first-order valence-electron chi connectivity index (χ1n) is 3.53. The quantitative estimate of drug-likeness (QED) is 0.621. The van der Waals surface area contributed by atoms with E-state index in [-0.39, 0.29) is 0 Å². The van der Waals surface area contributed by atoms with Gasteiger partial charge in [0.05, 0.1) is 5.57 Å². The maximum Gasteiger partial charge on any atom is 0.250 e. The van der Waals surface area contributed by atoms with E-state index in [2.05, 4.69) is 0 Å². The Kier molecular flexibility index (Phi) is 2.48. The van der Waals surface area contributed by atoms with Gasteiger partial charge in [-0.05, 0) is 5.56 Å². The Bertz CT molecular complexity index is 304. The number of carbonyl (C=O) groups is 1. The Morgan fingerprint density at radius 1 is 1.25 bits per heavy atom. The van der Waals surface area contributed by atoms with Gasteiger partial charge in [-0.15, -0.1) is 0 Å². The molecule has 1 amide bonds. The predicted molar refractivity (Wildman–Crippen MR) is 47.8 cm³/mol. The summed E-state index contributed by atoms with van der Waals surface area (Å²) in [6.45, 7) is 0. The smallest absolute Gasteiger partial charge is 0.250 e. The predicted octanol–water partition coefficient (Wildman–Crippen LogP) is 0.471. The Balaban J connectivity index is 3.05. The molecule has 0 unspecified atom stereocenters. The van der Waals surface area contributed by atoms with Gasteiger partial charge in [0.15, 0.2) is 0 Å². The Labute approximate surface area is 70.7 Å². The highest BCUT2D eigenvalue weighted by atomic mass is 16.1. The molecule has 0 aliphatic rings. The molecular formula is C9H10N2O. The van der Waals surface area contributed by atoms with E-state index in [9.17, 15) is 4.79 Å². The molecule has 0 aliphatic carbocycles. The number of carbonyl (C=O) groups excluding carboxylic acids is 1. The highest BCUT2D eigenvalue weighted by molar-refractivity contribution is 6.18. The van der Waals surface area contributed by atoms with Crippen LogP contribution < -0.4 is 11.5 Å². The van der Waals surface area contributed by atoms with Gasteiger partial charge in [-0.1, -0.05) is 30.3 Å². The third-order valence-electron chi connectivity index (χ3n) is 1.52. The van der Waals surface area contributed by atoms with Crippen LogP contribution in [0.3, 0.4) is 0 Å². The molecule has 0 saturated heterocycles. The van der Waals surface area contributed by atoms with Gasteiger partial charge in [0.2, 0.25) is 0 Å². The van der Waals surface area contributed by atoms with Crippen LogP contribution in [-0.2, 0) is 4.79 Å². The van der Waals surface area contributed by atoms with E-state index < -0.39 is 5.91 Å². The number of hydrogen-bond acceptors (Lipinski definition) is 2. The largest absolute Gasteiger partial charge is 0.404 e. The average molecular weight is 162 g/mol. The van der Waals surface area contributed by atoms with E-state index in [0.29, 0.717) is 5.57 Å². The number of primary amides is 1. The molecule has 0 aromatic heterocycles. The summed E-state index contributed by atoms with van der Waals surface area (Å²) in [5, 5.41) is 0. The van der Waals surface area contributed by atoms with Crippen LogP contribution in [0, 0.1) is 0 Å². The van der Waals surface area contributed by atoms with Crippen molar-refractivity contribution in [2.75, 3.05) is 0 Å². The van der Waals surface area contributed by atoms with E-state index in [1.54, 1.807) is 12.1 Å². The fourth-order valence-electron chi connectivity index (χ4n) is 0.938. The second-order valence-electron chi connectivity index (χ2n) is 2.31. The third kappa shape index (κ3) is 1.63. The van der Waals surface area contributed by atoms with Crippen LogP contribution in [0.15, 0.2) is 36.5 Å². The summed E-state index contributed by atoms with van der Waals surface area (Å²) < 4.78 is 0. The van der Waals surface area contributed by atoms with Crippen molar-refractivity contribution in [3.63, 3.8) is 0 Å². The zero-order valence-electron chi connectivity index (χ0n) is 6.53. The molecule has 62 valence electrons. The Hall–Kier alpha value is -1.77. The van der Waals surface area contributed by atoms with Gasteiger partial charge >= 0.3 is 0 Å². The molecule has 0 radical (unpaired) electrons. The number of nitrogens with two attached hydrogens (primary N) is 2. The first kappa shape index (κ1) is 8.33. The Morgan fingerprint density at radius 2 is 1.83 bits per heavy atom. The molecule has 0 saturated carbocycles. The summed E-state index contributed by atoms with van der Waals surface area (Å²) in [5.41, 5.74) is 11.4. The molecule has 4 N–H and O–H groups in total. The molecule has 0 fully saturated rings. The van der Waals surface area contributed by atoms with E-state index in [1.807, 2.05) is 18.2 Å². The van der Waals surface area contributed by atoms with Crippen LogP contribution in [-0.4, -0.2) is 5.91 Å². The van der Waals surface area contributed by atoms with Crippen molar-refractivity contribution in [1.29, 1.82) is 0 Å². The molecule has 1 aromatic carbocycles. The van der Waals surface area contributed by atoms with E-state index >= 15 is 0 Å². The fourth-order valence-corrected chi connectivity index (χ4v) is 0.938. The minimum absolute atomic E-state index is 0.343. The van der Waals surface area contributed by atoms with Crippen molar-refractivity contribution >= 4 is 11.5 Å². The standard InChI is InChI=1S/C9H10N2O/c10-6-8(9(11)12)7-4-2-1-3-5-7/h1-6H,10H2,(H2,11,12). The van der Waals surface area contributed by atoms with Gasteiger partial charge in [0, 0.05) is 6.20 Å². The SMILES string of the molecule is NC=C(C(N)=O)c1ccccc1. The van der Waals surface area contributed by atoms with Gasteiger partial charge in [0.25, 0.3) is 5.91 Å². The molecular weight excluding hydrogens is 152 g/mol. The fraction of sp³-hybridized carbons (Fsp3) is 0. The zero-order valence-corrected chi connectivity index (χ0v) is 6.53. The van der Waals surface area contributed by atoms with Crippen molar-refractivity contribution < 1.29 is 4.79 Å². The van der Waals surface area contributed by atoms with Crippen LogP contribution >= 0.6 is 0 Å². The molecule has 3 heteroatoms. The molecule has 0 atom stereocenters. The third-order valence-corrected chi connectivity index (χ3v) is 1.52. The van der Waals surface area contributed by atoms with E-state index in [4.69, 9.17) is 11.5 Å². The highest BCUT2D eigenvalue weighted by Crippen LogP contribution is 2.11. The minimum atomic E-state index is -0.510. The second-order valence-corrected chi connectivity index (χ2v) is 2.31. The average Bonchev–Trinajstić information content (AvgIpc) is 2.07. The molecule has 0 bridgehead atoms. The molecule has 3 nitrogen and oxygen atoms in total. The normalized spacial score (nSPS) is 11.2. The summed E-state index contributed by atoms with van der Waals surface area (Å²) in [6.07, 6.45) is 1.22. The van der Waals surface area contributed by atoms with Crippen LogP contribution in [0.1, 0.15) is 5.56 Å². The van der Waals surface area contributed by atoms with E-state index in [1.165, 1.54) is 6.20 Å². The minimum Gasteiger partial charge on any atom is -0.404 e. The van der Waals surface area contributed by atoms with Gasteiger partial charge in [-0.2, -0.15) is 0 Å². The van der Waals surface area contributed by atoms with Crippen LogP contribution in [0.4, 0.5) is 0 Å². The van der Waals surface area contributed by atoms with Crippen LogP contribution in [0.25, 0.3) is 5.57 Å². The monoisotopic (exact) mass is 162 g/mol. The van der Waals surface area contributed by atoms with Crippen molar-refractivity contribution in [2.45, 2.75) is 0 Å². The lowest BCUT2D eigenvalue weighted by Gasteiger charge is -2.00. The molecule has 0 spiro atoms. The van der Waals surface area contributed by atoms with Gasteiger partial charge in [-0.25, -0.2) is 0 Å². The van der Waals surface area contributed by atoms with Crippen LogP contribution in [0.2, 0.25) is 0 Å². The summed E-state index contributed by atoms with van der Waals surface area (Å²) in [7, 11) is 0. The first-order chi connectivity index (χ1) is 5.75. The number of benzene rings is 1. The van der Waals surface area contributed by atoms with Crippen molar-refractivity contribution in [1.82, 2.24) is 0 Å². The second kappa shape index (κ2) is 3.57. The lowest BCUT2D eigenvalue weighted by molar-refractivity contribution is -0.112. The number of rotatable bonds is 2. The van der Waals surface area contributed by atoms with Crippen molar-refractivity contribution in [3.05, 3.63) is 42.1 Å². The van der Waals surface area contributed by atoms with Crippen LogP contribution in [0.5, 0.6) is 0 Å². The molecule has 1 rings (SSSR count). The number of hydrogen-bond donors (Lipinski definition) is 2. The maximum atomic E-state index is 10.8. The van der Waals surface area contributed by atoms with Gasteiger partial charge in [0.1, 0.15) is 0 Å². The lowest BCUT2D eigenvalue weighted by Crippen LogP contribution is -2.14. The number of amides is 1. The van der Waals surface area contributed by atoms with Crippen molar-refractivity contribution in [2.24, 2.45) is 11.5 Å². The van der Waals surface area contributed by atoms with Gasteiger partial charge < -0.3 is 11.5 Å². The molecule has 1 aromatic rings. The maximum absolute atomic E-state index is 10.8. The molecule has 0 heterocycles.